The number of amides is 1. The van der Waals surface area contributed by atoms with E-state index in [9.17, 15) is 13.2 Å². The molecule has 3 rings (SSSR count). The van der Waals surface area contributed by atoms with E-state index in [1.54, 1.807) is 31.3 Å². The quantitative estimate of drug-likeness (QED) is 0.764. The first kappa shape index (κ1) is 20.2. The maximum absolute atomic E-state index is 12.8. The molecule has 1 aliphatic rings. The lowest BCUT2D eigenvalue weighted by Crippen LogP contribution is -2.29. The van der Waals surface area contributed by atoms with Crippen LogP contribution in [0.25, 0.3) is 0 Å². The maximum Gasteiger partial charge on any atom is 0.240 e. The largest absolute Gasteiger partial charge is 0.493 e. The number of ether oxygens (including phenoxy) is 2. The minimum Gasteiger partial charge on any atom is -0.493 e. The van der Waals surface area contributed by atoms with E-state index in [1.807, 2.05) is 18.2 Å². The number of anilines is 1. The third-order valence-corrected chi connectivity index (χ3v) is 6.33. The predicted molar refractivity (Wildman–Crippen MR) is 107 cm³/mol. The van der Waals surface area contributed by atoms with Crippen molar-refractivity contribution in [1.29, 1.82) is 0 Å². The number of sulfonamides is 1. The number of carbonyl (C=O) groups is 1. The van der Waals surface area contributed by atoms with Gasteiger partial charge in [0.25, 0.3) is 0 Å². The molecule has 0 aromatic heterocycles. The molecular weight excluding hydrogens is 380 g/mol. The monoisotopic (exact) mass is 404 g/mol. The van der Waals surface area contributed by atoms with E-state index in [0.29, 0.717) is 37.3 Å². The van der Waals surface area contributed by atoms with Crippen molar-refractivity contribution >= 4 is 21.6 Å². The van der Waals surface area contributed by atoms with Crippen molar-refractivity contribution in [2.75, 3.05) is 32.7 Å². The highest BCUT2D eigenvalue weighted by Crippen LogP contribution is 2.33. The fraction of sp³-hybridized carbons (Fsp3) is 0.350. The Morgan fingerprint density at radius 2 is 1.96 bits per heavy atom. The second-order valence-electron chi connectivity index (χ2n) is 6.45. The van der Waals surface area contributed by atoms with Gasteiger partial charge in [0.2, 0.25) is 15.9 Å². The average Bonchev–Trinajstić information content (AvgIpc) is 3.14. The van der Waals surface area contributed by atoms with Gasteiger partial charge in [0.05, 0.1) is 19.1 Å². The topological polar surface area (TPSA) is 84.9 Å². The number of carbonyl (C=O) groups excluding carboxylic acids is 1. The van der Waals surface area contributed by atoms with Crippen molar-refractivity contribution in [3.63, 3.8) is 0 Å². The average molecular weight is 404 g/mol. The van der Waals surface area contributed by atoms with E-state index < -0.39 is 10.0 Å². The van der Waals surface area contributed by atoms with E-state index in [2.05, 4.69) is 4.72 Å². The first-order valence-electron chi connectivity index (χ1n) is 8.98. The Labute approximate surface area is 165 Å². The third kappa shape index (κ3) is 3.83. The summed E-state index contributed by atoms with van der Waals surface area (Å²) in [5.41, 5.74) is 2.55. The molecule has 0 saturated heterocycles. The van der Waals surface area contributed by atoms with Gasteiger partial charge >= 0.3 is 0 Å². The third-order valence-electron chi connectivity index (χ3n) is 4.92. The molecule has 0 unspecified atom stereocenters. The van der Waals surface area contributed by atoms with Crippen LogP contribution in [0.2, 0.25) is 0 Å². The lowest BCUT2D eigenvalue weighted by atomic mass is 10.1. The summed E-state index contributed by atoms with van der Waals surface area (Å²) >= 11 is 0. The summed E-state index contributed by atoms with van der Waals surface area (Å²) in [4.78, 5) is 14.7. The molecule has 2 aromatic rings. The van der Waals surface area contributed by atoms with Crippen LogP contribution in [0.4, 0.5) is 5.69 Å². The highest BCUT2D eigenvalue weighted by molar-refractivity contribution is 7.89. The zero-order valence-electron chi connectivity index (χ0n) is 16.2. The smallest absolute Gasteiger partial charge is 0.240 e. The predicted octanol–water partition coefficient (Wildman–Crippen LogP) is 2.13. The number of benzene rings is 2. The van der Waals surface area contributed by atoms with E-state index in [0.717, 1.165) is 16.8 Å². The fourth-order valence-electron chi connectivity index (χ4n) is 3.45. The summed E-state index contributed by atoms with van der Waals surface area (Å²) in [6, 6.07) is 10.5. The van der Waals surface area contributed by atoms with Crippen LogP contribution in [0, 0.1) is 0 Å². The van der Waals surface area contributed by atoms with E-state index in [4.69, 9.17) is 9.47 Å². The lowest BCUT2D eigenvalue weighted by molar-refractivity contribution is -0.118. The number of methoxy groups -OCH3 is 2. The van der Waals surface area contributed by atoms with E-state index >= 15 is 0 Å². The number of fused-ring (bicyclic) bond motifs is 1. The molecule has 0 atom stereocenters. The van der Waals surface area contributed by atoms with E-state index in [-0.39, 0.29) is 10.8 Å². The fourth-order valence-corrected chi connectivity index (χ4v) is 4.23. The summed E-state index contributed by atoms with van der Waals surface area (Å²) in [6.45, 7) is 0.548. The van der Waals surface area contributed by atoms with Gasteiger partial charge in [-0.05, 0) is 55.3 Å². The second-order valence-corrected chi connectivity index (χ2v) is 8.33. The number of para-hydroxylation sites is 1. The normalized spacial score (nSPS) is 13.3. The molecule has 150 valence electrons. The van der Waals surface area contributed by atoms with Crippen LogP contribution in [0.3, 0.4) is 0 Å². The van der Waals surface area contributed by atoms with Gasteiger partial charge in [-0.15, -0.1) is 0 Å². The van der Waals surface area contributed by atoms with Gasteiger partial charge in [0.1, 0.15) is 0 Å². The van der Waals surface area contributed by atoms with Crippen molar-refractivity contribution in [1.82, 2.24) is 4.72 Å². The van der Waals surface area contributed by atoms with Gasteiger partial charge in [-0.1, -0.05) is 12.1 Å². The molecular formula is C20H24N2O5S. The molecule has 1 aliphatic heterocycles. The number of hydrogen-bond donors (Lipinski definition) is 1. The van der Waals surface area contributed by atoms with Crippen molar-refractivity contribution in [2.24, 2.45) is 0 Å². The van der Waals surface area contributed by atoms with Gasteiger partial charge in [0.15, 0.2) is 11.5 Å². The van der Waals surface area contributed by atoms with Crippen molar-refractivity contribution in [3.8, 4) is 11.5 Å². The molecule has 2 aromatic carbocycles. The van der Waals surface area contributed by atoms with Crippen molar-refractivity contribution in [2.45, 2.75) is 24.2 Å². The molecule has 1 heterocycles. The highest BCUT2D eigenvalue weighted by atomic mass is 32.2. The van der Waals surface area contributed by atoms with Gasteiger partial charge in [0, 0.05) is 18.7 Å². The van der Waals surface area contributed by atoms with Crippen molar-refractivity contribution < 1.29 is 22.7 Å². The molecule has 0 fully saturated rings. The number of aryl methyl sites for hydroxylation is 1. The second kappa shape index (κ2) is 8.20. The highest BCUT2D eigenvalue weighted by Gasteiger charge is 2.26. The summed E-state index contributed by atoms with van der Waals surface area (Å²) in [7, 11) is 1.04. The molecule has 0 saturated carbocycles. The molecule has 0 bridgehead atoms. The van der Waals surface area contributed by atoms with Gasteiger partial charge in [-0.3, -0.25) is 4.79 Å². The first-order valence-corrected chi connectivity index (χ1v) is 10.5. The van der Waals surface area contributed by atoms with Crippen LogP contribution in [0.1, 0.15) is 17.5 Å². The van der Waals surface area contributed by atoms with Crippen molar-refractivity contribution in [3.05, 3.63) is 47.5 Å². The standard InChI is InChI=1S/C20H24N2O5S/c1-21-28(24,25)16-8-9-17-15(13-16)11-12-22(17)19(23)10-7-14-5-4-6-18(26-2)20(14)27-3/h4-6,8-9,13,21H,7,10-12H2,1-3H3. The van der Waals surface area contributed by atoms with Gasteiger partial charge in [-0.25, -0.2) is 13.1 Å². The summed E-state index contributed by atoms with van der Waals surface area (Å²) < 4.78 is 37.0. The first-order chi connectivity index (χ1) is 13.4. The number of rotatable bonds is 7. The van der Waals surface area contributed by atoms with Crippen LogP contribution >= 0.6 is 0 Å². The number of nitrogens with zero attached hydrogens (tertiary/aromatic N) is 1. The SMILES string of the molecule is CNS(=O)(=O)c1ccc2c(c1)CCN2C(=O)CCc1cccc(OC)c1OC. The Bertz CT molecular complexity index is 988. The molecule has 1 N–H and O–H groups in total. The number of hydrogen-bond acceptors (Lipinski definition) is 5. The van der Waals surface area contributed by atoms with Crippen LogP contribution in [0.15, 0.2) is 41.3 Å². The Kier molecular flexibility index (Phi) is 5.90. The minimum atomic E-state index is -3.50. The Morgan fingerprint density at radius 1 is 1.18 bits per heavy atom. The molecule has 1 amide bonds. The summed E-state index contributed by atoms with van der Waals surface area (Å²) in [6.07, 6.45) is 1.48. The van der Waals surface area contributed by atoms with E-state index in [1.165, 1.54) is 13.1 Å². The molecule has 8 heteroatoms. The Balaban J connectivity index is 1.75. The summed E-state index contributed by atoms with van der Waals surface area (Å²) in [5.74, 6) is 1.27. The molecule has 0 aliphatic carbocycles. The molecule has 0 radical (unpaired) electrons. The minimum absolute atomic E-state index is 0.00662. The van der Waals surface area contributed by atoms with Gasteiger partial charge < -0.3 is 14.4 Å². The Morgan fingerprint density at radius 3 is 2.64 bits per heavy atom. The Hall–Kier alpha value is -2.58. The molecule has 7 nitrogen and oxygen atoms in total. The van der Waals surface area contributed by atoms with Crippen LogP contribution < -0.4 is 19.1 Å². The van der Waals surface area contributed by atoms with Crippen LogP contribution in [-0.4, -0.2) is 42.1 Å². The zero-order valence-corrected chi connectivity index (χ0v) is 17.0. The lowest BCUT2D eigenvalue weighted by Gasteiger charge is -2.18. The zero-order chi connectivity index (χ0) is 20.3. The van der Waals surface area contributed by atoms with Crippen LogP contribution in [0.5, 0.6) is 11.5 Å². The van der Waals surface area contributed by atoms with Crippen LogP contribution in [-0.2, 0) is 27.7 Å². The maximum atomic E-state index is 12.8. The number of nitrogens with one attached hydrogen (secondary N) is 1. The molecule has 0 spiro atoms. The molecule has 28 heavy (non-hydrogen) atoms. The summed E-state index contributed by atoms with van der Waals surface area (Å²) in [5, 5.41) is 0. The van der Waals surface area contributed by atoms with Gasteiger partial charge in [-0.2, -0.15) is 0 Å².